The summed E-state index contributed by atoms with van der Waals surface area (Å²) >= 11 is 6.03. The first-order chi connectivity index (χ1) is 12.9. The molecule has 0 fully saturated rings. The van der Waals surface area contributed by atoms with Crippen molar-refractivity contribution in [3.8, 4) is 6.07 Å². The number of nitrogens with two attached hydrogens (primary N) is 1. The highest BCUT2D eigenvalue weighted by Gasteiger charge is 2.32. The fraction of sp³-hybridized carbons (Fsp3) is 0.211. The van der Waals surface area contributed by atoms with Gasteiger partial charge >= 0.3 is 0 Å². The molecule has 136 valence electrons. The average molecular weight is 382 g/mol. The normalized spacial score (nSPS) is 16.6. The Morgan fingerprint density at radius 2 is 2.15 bits per heavy atom. The van der Waals surface area contributed by atoms with Crippen molar-refractivity contribution in [3.05, 3.63) is 63.9 Å². The Kier molecular flexibility index (Phi) is 5.19. The van der Waals surface area contributed by atoms with E-state index in [1.54, 1.807) is 30.5 Å². The number of nitriles is 1. The van der Waals surface area contributed by atoms with E-state index < -0.39 is 11.8 Å². The van der Waals surface area contributed by atoms with Crippen molar-refractivity contribution in [2.75, 3.05) is 7.05 Å². The monoisotopic (exact) mass is 381 g/mol. The third-order valence-electron chi connectivity index (χ3n) is 4.28. The Hall–Kier alpha value is -3.24. The Balaban J connectivity index is 1.84. The standard InChI is InChI=1S/C19H16ClN5O2/c1-25-17(26)8-15(18(24-25)19(22)27)16-3-2-11(10-23-16)4-12-5-13(9-21)7-14(20)6-12/h2-3,5-7,10,15H,4,8H2,1H3,(H2,22,27). The van der Waals surface area contributed by atoms with Crippen molar-refractivity contribution in [3.63, 3.8) is 0 Å². The van der Waals surface area contributed by atoms with Crippen LogP contribution in [0.2, 0.25) is 5.02 Å². The number of halogens is 1. The van der Waals surface area contributed by atoms with Gasteiger partial charge in [0.05, 0.1) is 23.2 Å². The molecule has 0 bridgehead atoms. The molecule has 1 unspecified atom stereocenters. The molecule has 1 aliphatic rings. The fourth-order valence-corrected chi connectivity index (χ4v) is 3.21. The van der Waals surface area contributed by atoms with Gasteiger partial charge in [-0.3, -0.25) is 14.6 Å². The molecule has 2 amide bonds. The molecule has 1 aromatic carbocycles. The van der Waals surface area contributed by atoms with Crippen molar-refractivity contribution in [2.45, 2.75) is 18.8 Å². The van der Waals surface area contributed by atoms with Crippen LogP contribution in [-0.4, -0.2) is 34.6 Å². The molecule has 27 heavy (non-hydrogen) atoms. The average Bonchev–Trinajstić information content (AvgIpc) is 2.63. The van der Waals surface area contributed by atoms with Crippen LogP contribution >= 0.6 is 11.6 Å². The first-order valence-electron chi connectivity index (χ1n) is 8.16. The number of hydrazone groups is 1. The van der Waals surface area contributed by atoms with E-state index in [2.05, 4.69) is 16.2 Å². The molecule has 7 nitrogen and oxygen atoms in total. The van der Waals surface area contributed by atoms with Crippen LogP contribution in [0.4, 0.5) is 0 Å². The lowest BCUT2D eigenvalue weighted by molar-refractivity contribution is -0.130. The van der Waals surface area contributed by atoms with Crippen molar-refractivity contribution in [1.29, 1.82) is 5.26 Å². The highest BCUT2D eigenvalue weighted by molar-refractivity contribution is 6.41. The lowest BCUT2D eigenvalue weighted by atomic mass is 9.92. The van der Waals surface area contributed by atoms with E-state index in [9.17, 15) is 9.59 Å². The smallest absolute Gasteiger partial charge is 0.265 e. The van der Waals surface area contributed by atoms with E-state index >= 15 is 0 Å². The van der Waals surface area contributed by atoms with Gasteiger partial charge in [-0.2, -0.15) is 10.4 Å². The van der Waals surface area contributed by atoms with Gasteiger partial charge in [0, 0.05) is 24.7 Å². The Labute approximate surface area is 161 Å². The molecule has 0 spiro atoms. The summed E-state index contributed by atoms with van der Waals surface area (Å²) in [7, 11) is 1.48. The van der Waals surface area contributed by atoms with Crippen molar-refractivity contribution < 1.29 is 9.59 Å². The topological polar surface area (TPSA) is 112 Å². The molecule has 8 heteroatoms. The van der Waals surface area contributed by atoms with Crippen LogP contribution in [0, 0.1) is 11.3 Å². The third kappa shape index (κ3) is 4.13. The number of hydrogen-bond acceptors (Lipinski definition) is 5. The molecular weight excluding hydrogens is 366 g/mol. The summed E-state index contributed by atoms with van der Waals surface area (Å²) in [4.78, 5) is 28.0. The van der Waals surface area contributed by atoms with Crippen molar-refractivity contribution >= 4 is 29.1 Å². The summed E-state index contributed by atoms with van der Waals surface area (Å²) in [5.74, 6) is -1.44. The van der Waals surface area contributed by atoms with Crippen molar-refractivity contribution in [2.24, 2.45) is 10.8 Å². The molecule has 2 aromatic rings. The van der Waals surface area contributed by atoms with E-state index in [4.69, 9.17) is 22.6 Å². The molecule has 2 N–H and O–H groups in total. The van der Waals surface area contributed by atoms with Gasteiger partial charge in [-0.25, -0.2) is 5.01 Å². The zero-order valence-corrected chi connectivity index (χ0v) is 15.3. The lowest BCUT2D eigenvalue weighted by Crippen LogP contribution is -2.39. The number of carbonyl (C=O) groups is 2. The summed E-state index contributed by atoms with van der Waals surface area (Å²) in [6, 6.07) is 10.9. The summed E-state index contributed by atoms with van der Waals surface area (Å²) in [6.07, 6.45) is 2.31. The van der Waals surface area contributed by atoms with Crippen molar-refractivity contribution in [1.82, 2.24) is 9.99 Å². The van der Waals surface area contributed by atoms with Crippen LogP contribution in [0.25, 0.3) is 0 Å². The number of nitrogens with zero attached hydrogens (tertiary/aromatic N) is 4. The van der Waals surface area contributed by atoms with Crippen LogP contribution in [0.1, 0.15) is 34.7 Å². The summed E-state index contributed by atoms with van der Waals surface area (Å²) in [6.45, 7) is 0. The highest BCUT2D eigenvalue weighted by Crippen LogP contribution is 2.25. The summed E-state index contributed by atoms with van der Waals surface area (Å²) in [5, 5.41) is 14.6. The largest absolute Gasteiger partial charge is 0.364 e. The summed E-state index contributed by atoms with van der Waals surface area (Å²) in [5.41, 5.74) is 8.37. The second-order valence-corrected chi connectivity index (χ2v) is 6.69. The maximum Gasteiger partial charge on any atom is 0.265 e. The van der Waals surface area contributed by atoms with Gasteiger partial charge in [0.1, 0.15) is 5.71 Å². The summed E-state index contributed by atoms with van der Waals surface area (Å²) < 4.78 is 0. The van der Waals surface area contributed by atoms with Gasteiger partial charge < -0.3 is 5.73 Å². The minimum Gasteiger partial charge on any atom is -0.364 e. The lowest BCUT2D eigenvalue weighted by Gasteiger charge is -2.25. The second kappa shape index (κ2) is 7.56. The predicted molar refractivity (Wildman–Crippen MR) is 100.0 cm³/mol. The number of pyridine rings is 1. The van der Waals surface area contributed by atoms with E-state index in [-0.39, 0.29) is 18.0 Å². The maximum atomic E-state index is 11.9. The number of primary amides is 1. The van der Waals surface area contributed by atoms with E-state index in [1.807, 2.05) is 6.07 Å². The molecule has 1 aromatic heterocycles. The maximum absolute atomic E-state index is 11.9. The molecule has 1 atom stereocenters. The Morgan fingerprint density at radius 1 is 1.37 bits per heavy atom. The number of carbonyl (C=O) groups excluding carboxylic acids is 2. The molecular formula is C19H16ClN5O2. The second-order valence-electron chi connectivity index (χ2n) is 6.25. The number of amides is 2. The number of hydrogen-bond donors (Lipinski definition) is 1. The minimum atomic E-state index is -0.673. The first-order valence-corrected chi connectivity index (χ1v) is 8.54. The molecule has 0 saturated heterocycles. The number of rotatable bonds is 4. The molecule has 3 rings (SSSR count). The van der Waals surface area contributed by atoms with Crippen LogP contribution in [-0.2, 0) is 16.0 Å². The van der Waals surface area contributed by atoms with Crippen LogP contribution in [0.15, 0.2) is 41.6 Å². The Morgan fingerprint density at radius 3 is 2.78 bits per heavy atom. The molecule has 0 saturated carbocycles. The number of benzene rings is 1. The van der Waals surface area contributed by atoms with Gasteiger partial charge in [0.25, 0.3) is 5.91 Å². The van der Waals surface area contributed by atoms with Gasteiger partial charge in [-0.05, 0) is 41.8 Å². The molecule has 0 radical (unpaired) electrons. The van der Waals surface area contributed by atoms with Gasteiger partial charge in [0.15, 0.2) is 0 Å². The highest BCUT2D eigenvalue weighted by atomic mass is 35.5. The van der Waals surface area contributed by atoms with Gasteiger partial charge in [0.2, 0.25) is 5.91 Å². The fourth-order valence-electron chi connectivity index (χ4n) is 2.96. The third-order valence-corrected chi connectivity index (χ3v) is 4.50. The van der Waals surface area contributed by atoms with E-state index in [0.717, 1.165) is 16.1 Å². The Bertz CT molecular complexity index is 979. The van der Waals surface area contributed by atoms with Crippen LogP contribution < -0.4 is 5.73 Å². The van der Waals surface area contributed by atoms with Gasteiger partial charge in [-0.15, -0.1) is 0 Å². The quantitative estimate of drug-likeness (QED) is 0.872. The molecule has 2 heterocycles. The molecule has 1 aliphatic heterocycles. The van der Waals surface area contributed by atoms with Crippen LogP contribution in [0.3, 0.4) is 0 Å². The van der Waals surface area contributed by atoms with Gasteiger partial charge in [-0.1, -0.05) is 17.7 Å². The number of aromatic nitrogens is 1. The zero-order chi connectivity index (χ0) is 19.6. The van der Waals surface area contributed by atoms with E-state index in [0.29, 0.717) is 22.7 Å². The molecule has 0 aliphatic carbocycles. The van der Waals surface area contributed by atoms with E-state index in [1.165, 1.54) is 7.05 Å². The first kappa shape index (κ1) is 18.5. The SMILES string of the molecule is CN1N=C(C(N)=O)C(c2ccc(Cc3cc(Cl)cc(C#N)c3)cn2)CC1=O. The predicted octanol–water partition coefficient (Wildman–Crippen LogP) is 1.98. The minimum absolute atomic E-state index is 0.0877. The zero-order valence-electron chi connectivity index (χ0n) is 14.5. The van der Waals surface area contributed by atoms with Crippen LogP contribution in [0.5, 0.6) is 0 Å².